The fourth-order valence-electron chi connectivity index (χ4n) is 2.73. The summed E-state index contributed by atoms with van der Waals surface area (Å²) >= 11 is 0. The van der Waals surface area contributed by atoms with Crippen LogP contribution in [0.25, 0.3) is 0 Å². The van der Waals surface area contributed by atoms with Gasteiger partial charge in [-0.2, -0.15) is 0 Å². The summed E-state index contributed by atoms with van der Waals surface area (Å²) < 4.78 is 0. The van der Waals surface area contributed by atoms with Crippen LogP contribution in [0.2, 0.25) is 0 Å². The van der Waals surface area contributed by atoms with Gasteiger partial charge >= 0.3 is 5.97 Å². The number of nitrogens with two attached hydrogens (primary N) is 2. The molecule has 176 valence electrons. The summed E-state index contributed by atoms with van der Waals surface area (Å²) in [5, 5.41) is 25.3. The summed E-state index contributed by atoms with van der Waals surface area (Å²) in [6.07, 6.45) is -0.436. The normalized spacial score (nSPS) is 13.5. The first kappa shape index (κ1) is 26.4. The Hall–Kier alpha value is -3.67. The molecule has 0 heterocycles. The van der Waals surface area contributed by atoms with Gasteiger partial charge in [-0.1, -0.05) is 26.0 Å². The van der Waals surface area contributed by atoms with Crippen molar-refractivity contribution >= 4 is 29.6 Å². The van der Waals surface area contributed by atoms with E-state index in [4.69, 9.17) is 16.6 Å². The van der Waals surface area contributed by atoms with Gasteiger partial charge < -0.3 is 37.6 Å². The quantitative estimate of drug-likeness (QED) is 0.187. The first-order chi connectivity index (χ1) is 14.9. The molecule has 4 amide bonds. The minimum atomic E-state index is -1.28. The number of primary amides is 1. The van der Waals surface area contributed by atoms with Crippen LogP contribution in [0.3, 0.4) is 0 Å². The van der Waals surface area contributed by atoms with E-state index < -0.39 is 66.6 Å². The van der Waals surface area contributed by atoms with E-state index in [9.17, 15) is 29.1 Å². The number of aromatic hydroxyl groups is 1. The largest absolute Gasteiger partial charge is 0.508 e. The fourth-order valence-corrected chi connectivity index (χ4v) is 2.73. The highest BCUT2D eigenvalue weighted by molar-refractivity contribution is 5.94. The van der Waals surface area contributed by atoms with Crippen molar-refractivity contribution in [1.29, 1.82) is 0 Å². The molecule has 0 aliphatic rings. The fraction of sp³-hybridized carbons (Fsp3) is 0.450. The van der Waals surface area contributed by atoms with Gasteiger partial charge in [0.15, 0.2) is 0 Å². The van der Waals surface area contributed by atoms with E-state index in [1.165, 1.54) is 12.1 Å². The summed E-state index contributed by atoms with van der Waals surface area (Å²) in [7, 11) is 0. The van der Waals surface area contributed by atoms with Crippen LogP contribution < -0.4 is 27.4 Å². The Labute approximate surface area is 184 Å². The minimum absolute atomic E-state index is 0.0112. The van der Waals surface area contributed by atoms with Gasteiger partial charge in [-0.3, -0.25) is 24.0 Å². The molecule has 0 saturated heterocycles. The van der Waals surface area contributed by atoms with E-state index in [1.807, 2.05) is 0 Å². The zero-order chi connectivity index (χ0) is 24.4. The third kappa shape index (κ3) is 9.00. The molecule has 0 spiro atoms. The predicted molar refractivity (Wildman–Crippen MR) is 113 cm³/mol. The smallest absolute Gasteiger partial charge is 0.322 e. The Morgan fingerprint density at radius 2 is 1.56 bits per heavy atom. The van der Waals surface area contributed by atoms with Crippen molar-refractivity contribution in [3.8, 4) is 5.75 Å². The topological polar surface area (TPSA) is 214 Å². The SMILES string of the molecule is CC(C)C(NC(=O)C(Cc1ccc(O)cc1)NC(=O)C(N)CC(N)=O)C(=O)NCC(=O)O. The number of benzene rings is 1. The molecule has 0 fully saturated rings. The Morgan fingerprint density at radius 1 is 0.969 bits per heavy atom. The van der Waals surface area contributed by atoms with Gasteiger partial charge in [0.05, 0.1) is 12.5 Å². The average Bonchev–Trinajstić information content (AvgIpc) is 2.70. The highest BCUT2D eigenvalue weighted by Gasteiger charge is 2.30. The predicted octanol–water partition coefficient (Wildman–Crippen LogP) is -2.04. The van der Waals surface area contributed by atoms with Crippen LogP contribution >= 0.6 is 0 Å². The van der Waals surface area contributed by atoms with Crippen LogP contribution in [0.4, 0.5) is 0 Å². The number of phenols is 1. The standard InChI is InChI=1S/C20H29N5O7/c1-10(2)17(20(32)23-9-16(28)29)25-19(31)14(7-11-3-5-12(26)6-4-11)24-18(30)13(21)8-15(22)27/h3-6,10,13-14,17,26H,7-9,21H2,1-2H3,(H2,22,27)(H,23,32)(H,24,30)(H,25,31)(H,28,29). The van der Waals surface area contributed by atoms with Crippen LogP contribution in [0.5, 0.6) is 5.75 Å². The highest BCUT2D eigenvalue weighted by Crippen LogP contribution is 2.12. The molecule has 0 radical (unpaired) electrons. The summed E-state index contributed by atoms with van der Waals surface area (Å²) in [5.41, 5.74) is 11.3. The first-order valence-electron chi connectivity index (χ1n) is 9.82. The van der Waals surface area contributed by atoms with Crippen molar-refractivity contribution in [2.75, 3.05) is 6.54 Å². The second-order valence-corrected chi connectivity index (χ2v) is 7.55. The molecular formula is C20H29N5O7. The summed E-state index contributed by atoms with van der Waals surface area (Å²) in [5.74, 6) is -4.63. The molecule has 3 atom stereocenters. The molecular weight excluding hydrogens is 422 g/mol. The Balaban J connectivity index is 3.03. The zero-order valence-corrected chi connectivity index (χ0v) is 17.8. The van der Waals surface area contributed by atoms with E-state index in [-0.39, 0.29) is 12.2 Å². The summed E-state index contributed by atoms with van der Waals surface area (Å²) in [4.78, 5) is 59.4. The zero-order valence-electron chi connectivity index (χ0n) is 17.8. The highest BCUT2D eigenvalue weighted by atomic mass is 16.4. The van der Waals surface area contributed by atoms with Crippen molar-refractivity contribution in [1.82, 2.24) is 16.0 Å². The first-order valence-corrected chi connectivity index (χ1v) is 9.82. The second-order valence-electron chi connectivity index (χ2n) is 7.55. The lowest BCUT2D eigenvalue weighted by Crippen LogP contribution is -2.58. The van der Waals surface area contributed by atoms with Gasteiger partial charge in [0.1, 0.15) is 24.4 Å². The van der Waals surface area contributed by atoms with Gasteiger partial charge in [-0.15, -0.1) is 0 Å². The van der Waals surface area contributed by atoms with Gasteiger partial charge in [0.2, 0.25) is 23.6 Å². The van der Waals surface area contributed by atoms with Crippen LogP contribution in [0, 0.1) is 5.92 Å². The molecule has 9 N–H and O–H groups in total. The molecule has 32 heavy (non-hydrogen) atoms. The number of phenolic OH excluding ortho intramolecular Hbond substituents is 1. The summed E-state index contributed by atoms with van der Waals surface area (Å²) in [6, 6.07) is 2.37. The monoisotopic (exact) mass is 451 g/mol. The van der Waals surface area contributed by atoms with E-state index >= 15 is 0 Å². The molecule has 1 rings (SSSR count). The lowest BCUT2D eigenvalue weighted by molar-refractivity contribution is -0.139. The van der Waals surface area contributed by atoms with E-state index in [1.54, 1.807) is 26.0 Å². The molecule has 1 aromatic carbocycles. The lowest BCUT2D eigenvalue weighted by Gasteiger charge is -2.26. The van der Waals surface area contributed by atoms with Crippen LogP contribution in [-0.2, 0) is 30.4 Å². The number of amides is 4. The maximum atomic E-state index is 12.9. The molecule has 0 aliphatic carbocycles. The number of carboxylic acids is 1. The molecule has 0 bridgehead atoms. The number of aliphatic carboxylic acids is 1. The third-order valence-electron chi connectivity index (χ3n) is 4.43. The third-order valence-corrected chi connectivity index (χ3v) is 4.43. The van der Waals surface area contributed by atoms with E-state index in [0.29, 0.717) is 5.56 Å². The molecule has 0 saturated carbocycles. The van der Waals surface area contributed by atoms with Crippen molar-refractivity contribution in [3.63, 3.8) is 0 Å². The van der Waals surface area contributed by atoms with Crippen LogP contribution in [-0.4, -0.2) is 64.5 Å². The number of hydrogen-bond donors (Lipinski definition) is 7. The minimum Gasteiger partial charge on any atom is -0.508 e. The maximum Gasteiger partial charge on any atom is 0.322 e. The molecule has 0 aliphatic heterocycles. The van der Waals surface area contributed by atoms with Crippen LogP contribution in [0.15, 0.2) is 24.3 Å². The number of rotatable bonds is 12. The number of hydrogen-bond acceptors (Lipinski definition) is 7. The number of carbonyl (C=O) groups is 5. The summed E-state index contributed by atoms with van der Waals surface area (Å²) in [6.45, 7) is 2.69. The molecule has 12 nitrogen and oxygen atoms in total. The maximum absolute atomic E-state index is 12.9. The van der Waals surface area contributed by atoms with Crippen molar-refractivity contribution in [2.45, 2.75) is 44.8 Å². The van der Waals surface area contributed by atoms with Crippen molar-refractivity contribution in [3.05, 3.63) is 29.8 Å². The Bertz CT molecular complexity index is 841. The van der Waals surface area contributed by atoms with Gasteiger partial charge in [-0.25, -0.2) is 0 Å². The molecule has 0 aromatic heterocycles. The Kier molecular flexibility index (Phi) is 10.1. The van der Waals surface area contributed by atoms with Gasteiger partial charge in [0, 0.05) is 6.42 Å². The number of nitrogens with one attached hydrogen (secondary N) is 3. The number of carboxylic acid groups (broad SMARTS) is 1. The lowest BCUT2D eigenvalue weighted by atomic mass is 10.0. The van der Waals surface area contributed by atoms with Gasteiger partial charge in [-0.05, 0) is 23.6 Å². The molecule has 12 heteroatoms. The second kappa shape index (κ2) is 12.2. The van der Waals surface area contributed by atoms with E-state index in [0.717, 1.165) is 0 Å². The average molecular weight is 451 g/mol. The van der Waals surface area contributed by atoms with E-state index in [2.05, 4.69) is 16.0 Å². The molecule has 3 unspecified atom stereocenters. The Morgan fingerprint density at radius 3 is 2.06 bits per heavy atom. The molecule has 1 aromatic rings. The van der Waals surface area contributed by atoms with Gasteiger partial charge in [0.25, 0.3) is 0 Å². The van der Waals surface area contributed by atoms with Crippen LogP contribution in [0.1, 0.15) is 25.8 Å². The number of carbonyl (C=O) groups excluding carboxylic acids is 4. The van der Waals surface area contributed by atoms with Crippen molar-refractivity contribution in [2.24, 2.45) is 17.4 Å². The van der Waals surface area contributed by atoms with Crippen molar-refractivity contribution < 1.29 is 34.2 Å².